The van der Waals surface area contributed by atoms with Gasteiger partial charge in [0.2, 0.25) is 0 Å². The highest BCUT2D eigenvalue weighted by molar-refractivity contribution is 5.76. The Morgan fingerprint density at radius 2 is 2.19 bits per heavy atom. The minimum Gasteiger partial charge on any atom is -0.504 e. The average molecular weight is 225 g/mol. The standard InChI is InChI=1S/C11H15NO4/c1-2-16-11(15)8(12)6-7-4-3-5-9(13)10(7)14/h3-5,8,13-14H,2,6,12H2,1H3. The van der Waals surface area contributed by atoms with E-state index in [9.17, 15) is 15.0 Å². The van der Waals surface area contributed by atoms with Gasteiger partial charge in [-0.1, -0.05) is 12.1 Å². The lowest BCUT2D eigenvalue weighted by Crippen LogP contribution is -2.34. The summed E-state index contributed by atoms with van der Waals surface area (Å²) in [5, 5.41) is 18.7. The Morgan fingerprint density at radius 3 is 2.81 bits per heavy atom. The van der Waals surface area contributed by atoms with Crippen LogP contribution in [0.2, 0.25) is 0 Å². The van der Waals surface area contributed by atoms with E-state index < -0.39 is 12.0 Å². The zero-order chi connectivity index (χ0) is 12.1. The molecule has 5 heteroatoms. The fourth-order valence-electron chi connectivity index (χ4n) is 1.31. The van der Waals surface area contributed by atoms with Crippen LogP contribution in [0.25, 0.3) is 0 Å². The Balaban J connectivity index is 2.73. The molecule has 0 aliphatic rings. The molecule has 0 saturated heterocycles. The van der Waals surface area contributed by atoms with Gasteiger partial charge in [-0.2, -0.15) is 0 Å². The summed E-state index contributed by atoms with van der Waals surface area (Å²) in [6.07, 6.45) is 0.124. The molecule has 1 atom stereocenters. The van der Waals surface area contributed by atoms with Crippen molar-refractivity contribution in [2.45, 2.75) is 19.4 Å². The van der Waals surface area contributed by atoms with Crippen LogP contribution in [0.1, 0.15) is 12.5 Å². The summed E-state index contributed by atoms with van der Waals surface area (Å²) in [4.78, 5) is 11.3. The predicted octanol–water partition coefficient (Wildman–Crippen LogP) is 0.531. The molecule has 0 aromatic heterocycles. The lowest BCUT2D eigenvalue weighted by atomic mass is 10.1. The predicted molar refractivity (Wildman–Crippen MR) is 58.1 cm³/mol. The maximum Gasteiger partial charge on any atom is 0.323 e. The Hall–Kier alpha value is -1.75. The van der Waals surface area contributed by atoms with Crippen LogP contribution in [0.3, 0.4) is 0 Å². The number of nitrogens with two attached hydrogens (primary N) is 1. The zero-order valence-electron chi connectivity index (χ0n) is 9.01. The van der Waals surface area contributed by atoms with Gasteiger partial charge in [-0.3, -0.25) is 4.79 Å². The number of hydrogen-bond donors (Lipinski definition) is 3. The third-order valence-electron chi connectivity index (χ3n) is 2.13. The molecule has 0 bridgehead atoms. The normalized spacial score (nSPS) is 12.1. The van der Waals surface area contributed by atoms with E-state index in [4.69, 9.17) is 10.5 Å². The largest absolute Gasteiger partial charge is 0.504 e. The summed E-state index contributed by atoms with van der Waals surface area (Å²) < 4.78 is 4.74. The molecule has 0 amide bonds. The minimum absolute atomic E-state index is 0.124. The number of ether oxygens (including phenoxy) is 1. The maximum atomic E-state index is 11.3. The number of para-hydroxylation sites is 1. The lowest BCUT2D eigenvalue weighted by Gasteiger charge is -2.11. The minimum atomic E-state index is -0.840. The van der Waals surface area contributed by atoms with E-state index in [2.05, 4.69) is 0 Å². The summed E-state index contributed by atoms with van der Waals surface area (Å²) in [5.41, 5.74) is 6.00. The van der Waals surface area contributed by atoms with Gasteiger partial charge in [0.15, 0.2) is 11.5 Å². The first-order valence-electron chi connectivity index (χ1n) is 4.98. The average Bonchev–Trinajstić information content (AvgIpc) is 2.25. The zero-order valence-corrected chi connectivity index (χ0v) is 9.01. The second kappa shape index (κ2) is 5.37. The van der Waals surface area contributed by atoms with E-state index in [0.717, 1.165) is 0 Å². The van der Waals surface area contributed by atoms with Crippen molar-refractivity contribution in [1.82, 2.24) is 0 Å². The third kappa shape index (κ3) is 2.87. The van der Waals surface area contributed by atoms with Crippen LogP contribution in [0.4, 0.5) is 0 Å². The van der Waals surface area contributed by atoms with Gasteiger partial charge in [-0.15, -0.1) is 0 Å². The molecule has 1 aromatic carbocycles. The number of esters is 1. The van der Waals surface area contributed by atoms with Crippen LogP contribution in [-0.2, 0) is 16.0 Å². The van der Waals surface area contributed by atoms with E-state index >= 15 is 0 Å². The van der Waals surface area contributed by atoms with Crippen LogP contribution in [-0.4, -0.2) is 28.8 Å². The highest BCUT2D eigenvalue weighted by atomic mass is 16.5. The molecular formula is C11H15NO4. The summed E-state index contributed by atoms with van der Waals surface area (Å²) in [7, 11) is 0. The number of benzene rings is 1. The Labute approximate surface area is 93.5 Å². The maximum absolute atomic E-state index is 11.3. The van der Waals surface area contributed by atoms with Crippen LogP contribution in [0, 0.1) is 0 Å². The summed E-state index contributed by atoms with van der Waals surface area (Å²) in [5.74, 6) is -0.999. The van der Waals surface area contributed by atoms with Crippen molar-refractivity contribution in [3.8, 4) is 11.5 Å². The first-order valence-corrected chi connectivity index (χ1v) is 4.98. The molecule has 16 heavy (non-hydrogen) atoms. The van der Waals surface area contributed by atoms with Crippen LogP contribution in [0.15, 0.2) is 18.2 Å². The van der Waals surface area contributed by atoms with Crippen molar-refractivity contribution >= 4 is 5.97 Å². The van der Waals surface area contributed by atoms with Gasteiger partial charge in [0.25, 0.3) is 0 Å². The number of carbonyl (C=O) groups excluding carboxylic acids is 1. The molecule has 4 N–H and O–H groups in total. The van der Waals surface area contributed by atoms with Gasteiger partial charge in [0.05, 0.1) is 6.61 Å². The van der Waals surface area contributed by atoms with E-state index in [-0.39, 0.29) is 24.5 Å². The van der Waals surface area contributed by atoms with Crippen molar-refractivity contribution < 1.29 is 19.7 Å². The van der Waals surface area contributed by atoms with Crippen LogP contribution < -0.4 is 5.73 Å². The summed E-state index contributed by atoms with van der Waals surface area (Å²) in [6, 6.07) is 3.68. The summed E-state index contributed by atoms with van der Waals surface area (Å²) >= 11 is 0. The molecule has 0 aliphatic heterocycles. The number of rotatable bonds is 4. The van der Waals surface area contributed by atoms with E-state index in [1.165, 1.54) is 6.07 Å². The van der Waals surface area contributed by atoms with Gasteiger partial charge in [0, 0.05) is 6.42 Å². The second-order valence-electron chi connectivity index (χ2n) is 3.35. The first kappa shape index (κ1) is 12.3. The Bertz CT molecular complexity index is 378. The van der Waals surface area contributed by atoms with Gasteiger partial charge >= 0.3 is 5.97 Å². The van der Waals surface area contributed by atoms with E-state index in [0.29, 0.717) is 5.56 Å². The molecule has 88 valence electrons. The number of carbonyl (C=O) groups is 1. The third-order valence-corrected chi connectivity index (χ3v) is 2.13. The van der Waals surface area contributed by atoms with Crippen molar-refractivity contribution in [2.75, 3.05) is 6.61 Å². The quantitative estimate of drug-likeness (QED) is 0.513. The van der Waals surface area contributed by atoms with Crippen molar-refractivity contribution in [1.29, 1.82) is 0 Å². The molecule has 1 rings (SSSR count). The van der Waals surface area contributed by atoms with E-state index in [1.807, 2.05) is 0 Å². The molecule has 0 fully saturated rings. The molecular weight excluding hydrogens is 210 g/mol. The molecule has 0 heterocycles. The SMILES string of the molecule is CCOC(=O)C(N)Cc1cccc(O)c1O. The van der Waals surface area contributed by atoms with E-state index in [1.54, 1.807) is 19.1 Å². The van der Waals surface area contributed by atoms with Gasteiger partial charge < -0.3 is 20.7 Å². The summed E-state index contributed by atoms with van der Waals surface area (Å²) in [6.45, 7) is 1.95. The molecule has 0 aliphatic carbocycles. The topological polar surface area (TPSA) is 92.8 Å². The lowest BCUT2D eigenvalue weighted by molar-refractivity contribution is -0.144. The molecule has 0 saturated carbocycles. The van der Waals surface area contributed by atoms with Crippen molar-refractivity contribution in [3.05, 3.63) is 23.8 Å². The number of hydrogen-bond acceptors (Lipinski definition) is 5. The Kier molecular flexibility index (Phi) is 4.13. The molecule has 5 nitrogen and oxygen atoms in total. The van der Waals surface area contributed by atoms with Crippen LogP contribution >= 0.6 is 0 Å². The second-order valence-corrected chi connectivity index (χ2v) is 3.35. The highest BCUT2D eigenvalue weighted by Gasteiger charge is 2.17. The highest BCUT2D eigenvalue weighted by Crippen LogP contribution is 2.28. The van der Waals surface area contributed by atoms with Crippen molar-refractivity contribution in [2.24, 2.45) is 5.73 Å². The first-order chi connectivity index (χ1) is 7.56. The Morgan fingerprint density at radius 1 is 1.50 bits per heavy atom. The number of aromatic hydroxyl groups is 2. The van der Waals surface area contributed by atoms with Crippen LogP contribution in [0.5, 0.6) is 11.5 Å². The van der Waals surface area contributed by atoms with Gasteiger partial charge in [-0.05, 0) is 18.6 Å². The molecule has 1 aromatic rings. The van der Waals surface area contributed by atoms with Gasteiger partial charge in [0.1, 0.15) is 6.04 Å². The van der Waals surface area contributed by atoms with Gasteiger partial charge in [-0.25, -0.2) is 0 Å². The smallest absolute Gasteiger partial charge is 0.323 e. The fraction of sp³-hybridized carbons (Fsp3) is 0.364. The molecule has 0 spiro atoms. The molecule has 0 radical (unpaired) electrons. The molecule has 1 unspecified atom stereocenters. The van der Waals surface area contributed by atoms with Crippen molar-refractivity contribution in [3.63, 3.8) is 0 Å². The number of phenolic OH excluding ortho intramolecular Hbond substituents is 2. The monoisotopic (exact) mass is 225 g/mol. The fourth-order valence-corrected chi connectivity index (χ4v) is 1.31. The number of phenols is 2.